The Bertz CT molecular complexity index is 406. The zero-order valence-electron chi connectivity index (χ0n) is 8.46. The highest BCUT2D eigenvalue weighted by atomic mass is 16.6. The molecule has 1 N–H and O–H groups in total. The van der Waals surface area contributed by atoms with Gasteiger partial charge >= 0.3 is 0 Å². The van der Waals surface area contributed by atoms with Crippen LogP contribution >= 0.6 is 0 Å². The van der Waals surface area contributed by atoms with Crippen LogP contribution in [0.4, 0.5) is 0 Å². The van der Waals surface area contributed by atoms with Crippen LogP contribution in [0.2, 0.25) is 0 Å². The summed E-state index contributed by atoms with van der Waals surface area (Å²) in [5.41, 5.74) is 0.459. The van der Waals surface area contributed by atoms with Crippen LogP contribution in [-0.4, -0.2) is 29.8 Å². The third-order valence-electron chi connectivity index (χ3n) is 2.27. The van der Waals surface area contributed by atoms with Gasteiger partial charge in [-0.25, -0.2) is 0 Å². The highest BCUT2D eigenvalue weighted by Gasteiger charge is 2.18. The van der Waals surface area contributed by atoms with Crippen LogP contribution < -0.4 is 9.47 Å². The van der Waals surface area contributed by atoms with Crippen molar-refractivity contribution in [3.8, 4) is 11.5 Å². The Labute approximate surface area is 91.6 Å². The third kappa shape index (κ3) is 2.22. The van der Waals surface area contributed by atoms with Crippen molar-refractivity contribution < 1.29 is 19.5 Å². The van der Waals surface area contributed by atoms with Crippen molar-refractivity contribution in [2.75, 3.05) is 19.8 Å². The molecule has 0 saturated heterocycles. The van der Waals surface area contributed by atoms with Crippen LogP contribution in [0.25, 0.3) is 0 Å². The first-order chi connectivity index (χ1) is 7.66. The molecular formula is C10H11NO5. The molecule has 0 aliphatic carbocycles. The number of rotatable bonds is 3. The maximum Gasteiger partial charge on any atom is 0.233 e. The van der Waals surface area contributed by atoms with E-state index in [0.29, 0.717) is 30.3 Å². The van der Waals surface area contributed by atoms with E-state index in [4.69, 9.17) is 9.47 Å². The molecule has 0 spiro atoms. The maximum absolute atomic E-state index is 10.3. The summed E-state index contributed by atoms with van der Waals surface area (Å²) in [6.07, 6.45) is -1.12. The van der Waals surface area contributed by atoms with Crippen molar-refractivity contribution in [3.05, 3.63) is 33.9 Å². The van der Waals surface area contributed by atoms with Gasteiger partial charge in [0.05, 0.1) is 0 Å². The number of fused-ring (bicyclic) bond motifs is 1. The third-order valence-corrected chi connectivity index (χ3v) is 2.27. The van der Waals surface area contributed by atoms with Crippen LogP contribution in [0.3, 0.4) is 0 Å². The first-order valence-corrected chi connectivity index (χ1v) is 4.86. The molecule has 0 radical (unpaired) electrons. The zero-order chi connectivity index (χ0) is 11.5. The number of hydrogen-bond donors (Lipinski definition) is 1. The average molecular weight is 225 g/mol. The SMILES string of the molecule is O=[N+]([O-])CC(O)c1ccc2c(c1)OCCO2. The van der Waals surface area contributed by atoms with Gasteiger partial charge in [0.2, 0.25) is 6.54 Å². The van der Waals surface area contributed by atoms with E-state index in [0.717, 1.165) is 0 Å². The van der Waals surface area contributed by atoms with Crippen molar-refractivity contribution in [1.82, 2.24) is 0 Å². The van der Waals surface area contributed by atoms with Gasteiger partial charge in [-0.05, 0) is 17.7 Å². The highest BCUT2D eigenvalue weighted by molar-refractivity contribution is 5.44. The molecule has 16 heavy (non-hydrogen) atoms. The second kappa shape index (κ2) is 4.36. The van der Waals surface area contributed by atoms with Gasteiger partial charge < -0.3 is 14.6 Å². The minimum atomic E-state index is -1.12. The lowest BCUT2D eigenvalue weighted by molar-refractivity contribution is -0.491. The van der Waals surface area contributed by atoms with Crippen molar-refractivity contribution in [1.29, 1.82) is 0 Å². The van der Waals surface area contributed by atoms with E-state index in [1.165, 1.54) is 0 Å². The van der Waals surface area contributed by atoms with Gasteiger partial charge in [-0.15, -0.1) is 0 Å². The first-order valence-electron chi connectivity index (χ1n) is 4.86. The Hall–Kier alpha value is -1.82. The number of nitro groups is 1. The van der Waals surface area contributed by atoms with E-state index in [9.17, 15) is 15.2 Å². The van der Waals surface area contributed by atoms with Gasteiger partial charge in [0.1, 0.15) is 19.3 Å². The lowest BCUT2D eigenvalue weighted by Gasteiger charge is -2.19. The fourth-order valence-electron chi connectivity index (χ4n) is 1.51. The Morgan fingerprint density at radius 1 is 1.38 bits per heavy atom. The van der Waals surface area contributed by atoms with E-state index in [1.54, 1.807) is 18.2 Å². The molecule has 0 bridgehead atoms. The summed E-state index contributed by atoms with van der Waals surface area (Å²) in [7, 11) is 0. The smallest absolute Gasteiger partial charge is 0.233 e. The van der Waals surface area contributed by atoms with Crippen molar-refractivity contribution in [3.63, 3.8) is 0 Å². The van der Waals surface area contributed by atoms with Crippen LogP contribution in [0.1, 0.15) is 11.7 Å². The van der Waals surface area contributed by atoms with E-state index < -0.39 is 17.6 Å². The van der Waals surface area contributed by atoms with Crippen molar-refractivity contribution in [2.45, 2.75) is 6.10 Å². The minimum Gasteiger partial charge on any atom is -0.486 e. The summed E-state index contributed by atoms with van der Waals surface area (Å²) in [5.74, 6) is 1.12. The van der Waals surface area contributed by atoms with Crippen molar-refractivity contribution in [2.24, 2.45) is 0 Å². The second-order valence-corrected chi connectivity index (χ2v) is 3.43. The summed E-state index contributed by atoms with van der Waals surface area (Å²) < 4.78 is 10.6. The molecule has 6 heteroatoms. The van der Waals surface area contributed by atoms with Gasteiger partial charge in [-0.3, -0.25) is 10.1 Å². The van der Waals surface area contributed by atoms with Crippen molar-refractivity contribution >= 4 is 0 Å². The molecule has 1 aromatic rings. The zero-order valence-corrected chi connectivity index (χ0v) is 8.46. The topological polar surface area (TPSA) is 81.8 Å². The molecular weight excluding hydrogens is 214 g/mol. The number of nitrogens with zero attached hydrogens (tertiary/aromatic N) is 1. The van der Waals surface area contributed by atoms with Crippen LogP contribution in [0.5, 0.6) is 11.5 Å². The molecule has 1 unspecified atom stereocenters. The molecule has 0 saturated carbocycles. The lowest BCUT2D eigenvalue weighted by atomic mass is 10.1. The predicted molar refractivity (Wildman–Crippen MR) is 54.3 cm³/mol. The number of ether oxygens (including phenoxy) is 2. The molecule has 1 aliphatic rings. The quantitative estimate of drug-likeness (QED) is 0.606. The summed E-state index contributed by atoms with van der Waals surface area (Å²) in [6, 6.07) is 4.82. The number of hydrogen-bond acceptors (Lipinski definition) is 5. The van der Waals surface area contributed by atoms with Gasteiger partial charge in [-0.2, -0.15) is 0 Å². The normalized spacial score (nSPS) is 15.6. The Morgan fingerprint density at radius 3 is 2.75 bits per heavy atom. The molecule has 2 rings (SSSR count). The van der Waals surface area contributed by atoms with Gasteiger partial charge in [0, 0.05) is 4.92 Å². The van der Waals surface area contributed by atoms with E-state index in [1.807, 2.05) is 0 Å². The van der Waals surface area contributed by atoms with E-state index >= 15 is 0 Å². The molecule has 1 heterocycles. The second-order valence-electron chi connectivity index (χ2n) is 3.43. The number of aliphatic hydroxyl groups is 1. The largest absolute Gasteiger partial charge is 0.486 e. The molecule has 1 atom stereocenters. The fraction of sp³-hybridized carbons (Fsp3) is 0.400. The van der Waals surface area contributed by atoms with Crippen LogP contribution in [0.15, 0.2) is 18.2 Å². The van der Waals surface area contributed by atoms with Crippen LogP contribution in [0, 0.1) is 10.1 Å². The maximum atomic E-state index is 10.3. The summed E-state index contributed by atoms with van der Waals surface area (Å²) in [6.45, 7) is 0.422. The molecule has 0 fully saturated rings. The van der Waals surface area contributed by atoms with Gasteiger partial charge in [-0.1, -0.05) is 6.07 Å². The molecule has 6 nitrogen and oxygen atoms in total. The van der Waals surface area contributed by atoms with Gasteiger partial charge in [0.25, 0.3) is 0 Å². The summed E-state index contributed by atoms with van der Waals surface area (Å²) in [4.78, 5) is 9.71. The monoisotopic (exact) mass is 225 g/mol. The minimum absolute atomic E-state index is 0.446. The van der Waals surface area contributed by atoms with E-state index in [2.05, 4.69) is 0 Å². The molecule has 1 aromatic carbocycles. The predicted octanol–water partition coefficient (Wildman–Crippen LogP) is 0.768. The summed E-state index contributed by atoms with van der Waals surface area (Å²) >= 11 is 0. The Balaban J connectivity index is 2.19. The van der Waals surface area contributed by atoms with Gasteiger partial charge in [0.15, 0.2) is 11.5 Å². The average Bonchev–Trinajstić information content (AvgIpc) is 2.27. The lowest BCUT2D eigenvalue weighted by Crippen LogP contribution is -2.16. The van der Waals surface area contributed by atoms with E-state index in [-0.39, 0.29) is 0 Å². The standard InChI is InChI=1S/C10H11NO5/c12-8(6-11(13)14)7-1-2-9-10(5-7)16-4-3-15-9/h1-2,5,8,12H,3-4,6H2. The Kier molecular flexibility index (Phi) is 2.91. The van der Waals surface area contributed by atoms with Crippen LogP contribution in [-0.2, 0) is 0 Å². The highest BCUT2D eigenvalue weighted by Crippen LogP contribution is 2.32. The first kappa shape index (κ1) is 10.7. The molecule has 86 valence electrons. The number of aliphatic hydroxyl groups excluding tert-OH is 1. The molecule has 0 aromatic heterocycles. The Morgan fingerprint density at radius 2 is 2.06 bits per heavy atom. The fourth-order valence-corrected chi connectivity index (χ4v) is 1.51. The number of benzene rings is 1. The summed E-state index contributed by atoms with van der Waals surface area (Å²) in [5, 5.41) is 19.8. The molecule has 0 amide bonds. The molecule has 1 aliphatic heterocycles.